The first-order valence-corrected chi connectivity index (χ1v) is 7.00. The molecule has 0 spiro atoms. The van der Waals surface area contributed by atoms with Gasteiger partial charge in [-0.1, -0.05) is 27.7 Å². The molecule has 1 aliphatic rings. The molecule has 1 atom stereocenters. The maximum Gasteiger partial charge on any atom is 0.0829 e. The van der Waals surface area contributed by atoms with E-state index in [1.807, 2.05) is 0 Å². The summed E-state index contributed by atoms with van der Waals surface area (Å²) in [4.78, 5) is 4.94. The number of rotatable bonds is 6. The Morgan fingerprint density at radius 1 is 1.24 bits per heavy atom. The Kier molecular flexibility index (Phi) is 6.45. The van der Waals surface area contributed by atoms with Crippen LogP contribution < -0.4 is 0 Å². The molecule has 0 amide bonds. The molecule has 17 heavy (non-hydrogen) atoms. The van der Waals surface area contributed by atoms with Crippen LogP contribution in [0.15, 0.2) is 0 Å². The Bertz CT molecular complexity index is 204. The minimum absolute atomic E-state index is 0.395. The van der Waals surface area contributed by atoms with E-state index in [1.54, 1.807) is 0 Å². The third-order valence-electron chi connectivity index (χ3n) is 3.04. The van der Waals surface area contributed by atoms with Crippen molar-refractivity contribution in [3.8, 4) is 0 Å². The fraction of sp³-hybridized carbons (Fsp3) is 1.00. The molecule has 1 rings (SSSR count). The van der Waals surface area contributed by atoms with Gasteiger partial charge in [0, 0.05) is 32.7 Å². The molecule has 1 saturated heterocycles. The van der Waals surface area contributed by atoms with Crippen LogP contribution in [0.3, 0.4) is 0 Å². The number of hydrogen-bond donors (Lipinski definition) is 0. The first-order valence-electron chi connectivity index (χ1n) is 7.00. The second kappa shape index (κ2) is 7.34. The van der Waals surface area contributed by atoms with Crippen LogP contribution in [0.1, 0.15) is 27.7 Å². The molecular weight excluding hydrogens is 212 g/mol. The van der Waals surface area contributed by atoms with Crippen LogP contribution in [0.25, 0.3) is 0 Å². The number of hydrogen-bond acceptors (Lipinski definition) is 3. The average Bonchev–Trinajstić information content (AvgIpc) is 2.14. The van der Waals surface area contributed by atoms with Crippen LogP contribution in [-0.4, -0.2) is 62.3 Å². The first-order chi connectivity index (χ1) is 7.97. The van der Waals surface area contributed by atoms with Crippen LogP contribution in [0.4, 0.5) is 0 Å². The zero-order valence-electron chi connectivity index (χ0n) is 12.3. The molecule has 0 aromatic carbocycles. The van der Waals surface area contributed by atoms with Gasteiger partial charge in [0.15, 0.2) is 0 Å². The summed E-state index contributed by atoms with van der Waals surface area (Å²) in [6.45, 7) is 15.6. The predicted octanol–water partition coefficient (Wildman–Crippen LogP) is 1.93. The normalized spacial score (nSPS) is 22.9. The van der Waals surface area contributed by atoms with Gasteiger partial charge in [-0.15, -0.1) is 0 Å². The van der Waals surface area contributed by atoms with E-state index in [4.69, 9.17) is 4.74 Å². The van der Waals surface area contributed by atoms with E-state index >= 15 is 0 Å². The maximum absolute atomic E-state index is 5.86. The average molecular weight is 242 g/mol. The van der Waals surface area contributed by atoms with Crippen LogP contribution >= 0.6 is 0 Å². The monoisotopic (exact) mass is 242 g/mol. The van der Waals surface area contributed by atoms with Gasteiger partial charge in [-0.05, 0) is 18.9 Å². The highest BCUT2D eigenvalue weighted by molar-refractivity contribution is 4.75. The fourth-order valence-electron chi connectivity index (χ4n) is 2.62. The summed E-state index contributed by atoms with van der Waals surface area (Å²) in [6, 6.07) is 0. The number of likely N-dealkylation sites (N-methyl/N-ethyl adjacent to an activating group) is 1. The van der Waals surface area contributed by atoms with E-state index < -0.39 is 0 Å². The second-order valence-corrected chi connectivity index (χ2v) is 6.26. The van der Waals surface area contributed by atoms with Crippen molar-refractivity contribution in [1.29, 1.82) is 0 Å². The molecule has 0 bridgehead atoms. The van der Waals surface area contributed by atoms with Crippen LogP contribution in [0.2, 0.25) is 0 Å². The van der Waals surface area contributed by atoms with Gasteiger partial charge in [0.25, 0.3) is 0 Å². The molecule has 1 heterocycles. The number of ether oxygens (including phenoxy) is 1. The van der Waals surface area contributed by atoms with E-state index in [1.165, 1.54) is 6.54 Å². The second-order valence-electron chi connectivity index (χ2n) is 6.26. The molecule has 1 fully saturated rings. The van der Waals surface area contributed by atoms with Crippen molar-refractivity contribution in [2.75, 3.05) is 46.4 Å². The third-order valence-corrected chi connectivity index (χ3v) is 3.04. The summed E-state index contributed by atoms with van der Waals surface area (Å²) in [5.41, 5.74) is 0. The Balaban J connectivity index is 2.29. The number of nitrogens with zero attached hydrogens (tertiary/aromatic N) is 2. The summed E-state index contributed by atoms with van der Waals surface area (Å²) in [5, 5.41) is 0. The molecule has 0 aromatic rings. The van der Waals surface area contributed by atoms with E-state index in [0.717, 1.165) is 44.6 Å². The zero-order chi connectivity index (χ0) is 12.8. The maximum atomic E-state index is 5.86. The van der Waals surface area contributed by atoms with Gasteiger partial charge in [-0.25, -0.2) is 0 Å². The van der Waals surface area contributed by atoms with Crippen LogP contribution in [-0.2, 0) is 4.74 Å². The van der Waals surface area contributed by atoms with Gasteiger partial charge in [-0.3, -0.25) is 4.90 Å². The third kappa shape index (κ3) is 6.39. The minimum atomic E-state index is 0.395. The van der Waals surface area contributed by atoms with Crippen molar-refractivity contribution in [3.05, 3.63) is 0 Å². The smallest absolute Gasteiger partial charge is 0.0829 e. The SMILES string of the molecule is CC(C)CN(C)C[C@H]1CN(CC(C)C)CCO1. The lowest BCUT2D eigenvalue weighted by Gasteiger charge is -2.35. The van der Waals surface area contributed by atoms with Gasteiger partial charge in [0.1, 0.15) is 0 Å². The van der Waals surface area contributed by atoms with Crippen molar-refractivity contribution in [2.24, 2.45) is 11.8 Å². The zero-order valence-corrected chi connectivity index (χ0v) is 12.3. The molecule has 0 unspecified atom stereocenters. The van der Waals surface area contributed by atoms with E-state index in [9.17, 15) is 0 Å². The quantitative estimate of drug-likeness (QED) is 0.708. The summed E-state index contributed by atoms with van der Waals surface area (Å²) in [7, 11) is 2.20. The molecule has 3 nitrogen and oxygen atoms in total. The molecule has 0 saturated carbocycles. The lowest BCUT2D eigenvalue weighted by atomic mass is 10.1. The highest BCUT2D eigenvalue weighted by Gasteiger charge is 2.22. The summed E-state index contributed by atoms with van der Waals surface area (Å²) in [5.74, 6) is 1.48. The Morgan fingerprint density at radius 3 is 2.53 bits per heavy atom. The first kappa shape index (κ1) is 14.9. The molecule has 0 aliphatic carbocycles. The van der Waals surface area contributed by atoms with Crippen molar-refractivity contribution < 1.29 is 4.74 Å². The van der Waals surface area contributed by atoms with Gasteiger partial charge >= 0.3 is 0 Å². The predicted molar refractivity (Wildman–Crippen MR) is 73.4 cm³/mol. The van der Waals surface area contributed by atoms with Gasteiger partial charge in [0.2, 0.25) is 0 Å². The number of morpholine rings is 1. The molecule has 3 heteroatoms. The van der Waals surface area contributed by atoms with E-state index in [2.05, 4.69) is 44.5 Å². The molecule has 0 N–H and O–H groups in total. The summed E-state index contributed by atoms with van der Waals surface area (Å²) < 4.78 is 5.86. The van der Waals surface area contributed by atoms with Crippen LogP contribution in [0, 0.1) is 11.8 Å². The van der Waals surface area contributed by atoms with Crippen molar-refractivity contribution in [1.82, 2.24) is 9.80 Å². The van der Waals surface area contributed by atoms with Gasteiger partial charge < -0.3 is 9.64 Å². The van der Waals surface area contributed by atoms with E-state index in [-0.39, 0.29) is 0 Å². The lowest BCUT2D eigenvalue weighted by molar-refractivity contribution is -0.0441. The van der Waals surface area contributed by atoms with Crippen molar-refractivity contribution in [2.45, 2.75) is 33.8 Å². The Labute approximate surface area is 107 Å². The summed E-state index contributed by atoms with van der Waals surface area (Å²) in [6.07, 6.45) is 0.395. The van der Waals surface area contributed by atoms with Crippen LogP contribution in [0.5, 0.6) is 0 Å². The highest BCUT2D eigenvalue weighted by atomic mass is 16.5. The lowest BCUT2D eigenvalue weighted by Crippen LogP contribution is -2.48. The molecule has 0 aromatic heterocycles. The highest BCUT2D eigenvalue weighted by Crippen LogP contribution is 2.09. The van der Waals surface area contributed by atoms with Gasteiger partial charge in [-0.2, -0.15) is 0 Å². The standard InChI is InChI=1S/C14H30N2O/c1-12(2)8-15(5)10-14-11-16(6-7-17-14)9-13(3)4/h12-14H,6-11H2,1-5H3/t14-/m0/s1. The summed E-state index contributed by atoms with van der Waals surface area (Å²) >= 11 is 0. The minimum Gasteiger partial charge on any atom is -0.374 e. The molecule has 1 aliphatic heterocycles. The molecular formula is C14H30N2O. The Morgan fingerprint density at radius 2 is 1.94 bits per heavy atom. The van der Waals surface area contributed by atoms with E-state index in [0.29, 0.717) is 6.10 Å². The van der Waals surface area contributed by atoms with Crippen molar-refractivity contribution in [3.63, 3.8) is 0 Å². The van der Waals surface area contributed by atoms with Gasteiger partial charge in [0.05, 0.1) is 12.7 Å². The largest absolute Gasteiger partial charge is 0.374 e. The molecule has 102 valence electrons. The Hall–Kier alpha value is -0.120. The van der Waals surface area contributed by atoms with Crippen molar-refractivity contribution >= 4 is 0 Å². The molecule has 0 radical (unpaired) electrons. The topological polar surface area (TPSA) is 15.7 Å². The fourth-order valence-corrected chi connectivity index (χ4v) is 2.62.